The third kappa shape index (κ3) is 3.79. The molecule has 0 fully saturated rings. The second kappa shape index (κ2) is 6.15. The second-order valence-corrected chi connectivity index (χ2v) is 4.00. The minimum Gasteiger partial charge on any atom is -0.264 e. The highest BCUT2D eigenvalue weighted by atomic mass is 19.4. The van der Waals surface area contributed by atoms with E-state index in [-0.39, 0.29) is 16.9 Å². The Balaban J connectivity index is 3.36. The Morgan fingerprint density at radius 2 is 2.05 bits per heavy atom. The number of hydrogen-bond donors (Lipinski definition) is 0. The maximum absolute atomic E-state index is 13.0. The normalized spacial score (nSPS) is 13.5. The van der Waals surface area contributed by atoms with Gasteiger partial charge in [0.1, 0.15) is 5.70 Å². The van der Waals surface area contributed by atoms with Crippen molar-refractivity contribution >= 4 is 5.71 Å². The van der Waals surface area contributed by atoms with Gasteiger partial charge in [0.2, 0.25) is 0 Å². The highest BCUT2D eigenvalue weighted by molar-refractivity contribution is 5.99. The average molecular weight is 279 g/mol. The van der Waals surface area contributed by atoms with E-state index in [2.05, 4.69) is 16.6 Å². The summed E-state index contributed by atoms with van der Waals surface area (Å²) in [6.45, 7) is 5.91. The summed E-state index contributed by atoms with van der Waals surface area (Å²) in [5, 5.41) is 8.66. The van der Waals surface area contributed by atoms with Crippen molar-refractivity contribution in [3.63, 3.8) is 0 Å². The topological polar surface area (TPSA) is 49.0 Å². The van der Waals surface area contributed by atoms with Crippen LogP contribution in [0.2, 0.25) is 0 Å². The van der Waals surface area contributed by atoms with Crippen LogP contribution in [0.4, 0.5) is 13.2 Å². The Morgan fingerprint density at radius 3 is 2.50 bits per heavy atom. The van der Waals surface area contributed by atoms with Crippen molar-refractivity contribution in [2.75, 3.05) is 0 Å². The molecule has 0 aliphatic carbocycles. The van der Waals surface area contributed by atoms with Crippen molar-refractivity contribution in [2.45, 2.75) is 20.0 Å². The first-order chi connectivity index (χ1) is 9.27. The minimum absolute atomic E-state index is 0.163. The molecule has 0 radical (unpaired) electrons. The quantitative estimate of drug-likeness (QED) is 0.480. The van der Waals surface area contributed by atoms with Gasteiger partial charge in [0, 0.05) is 29.2 Å². The minimum atomic E-state index is -4.66. The molecule has 1 rings (SSSR count). The van der Waals surface area contributed by atoms with Gasteiger partial charge >= 0.3 is 6.18 Å². The predicted molar refractivity (Wildman–Crippen MR) is 70.0 cm³/mol. The standard InChI is InChI=1S/C14H12F3N3/c1-9(7-18)10(2)13(14(15,16)17)20-11(3)12-5-4-6-19-8-12/h4-6,8H,1H2,2-3H3/b13-10+,20-11?. The molecule has 3 nitrogen and oxygen atoms in total. The van der Waals surface area contributed by atoms with Crippen molar-refractivity contribution in [3.05, 3.63) is 53.5 Å². The predicted octanol–water partition coefficient (Wildman–Crippen LogP) is 3.81. The maximum Gasteiger partial charge on any atom is 0.433 e. The SMILES string of the molecule is C=C(C#N)/C(C)=C(/N=C(C)c1cccnc1)C(F)(F)F. The van der Waals surface area contributed by atoms with Crippen molar-refractivity contribution in [3.8, 4) is 6.07 Å². The summed E-state index contributed by atoms with van der Waals surface area (Å²) in [6, 6.07) is 4.81. The number of alkyl halides is 3. The van der Waals surface area contributed by atoms with Gasteiger partial charge in [-0.25, -0.2) is 4.99 Å². The Kier molecular flexibility index (Phi) is 4.81. The molecular formula is C14H12F3N3. The van der Waals surface area contributed by atoms with Gasteiger partial charge in [-0.1, -0.05) is 12.6 Å². The molecule has 0 aliphatic heterocycles. The lowest BCUT2D eigenvalue weighted by Gasteiger charge is -2.12. The van der Waals surface area contributed by atoms with Gasteiger partial charge in [-0.3, -0.25) is 4.98 Å². The van der Waals surface area contributed by atoms with Gasteiger partial charge in [0.15, 0.2) is 0 Å². The van der Waals surface area contributed by atoms with E-state index in [4.69, 9.17) is 5.26 Å². The molecule has 0 unspecified atom stereocenters. The second-order valence-electron chi connectivity index (χ2n) is 4.00. The molecule has 0 spiro atoms. The molecule has 1 aromatic heterocycles. The lowest BCUT2D eigenvalue weighted by Crippen LogP contribution is -2.14. The van der Waals surface area contributed by atoms with Crippen LogP contribution in [0.1, 0.15) is 19.4 Å². The summed E-state index contributed by atoms with van der Waals surface area (Å²) in [4.78, 5) is 7.43. The zero-order chi connectivity index (χ0) is 15.3. The van der Waals surface area contributed by atoms with Crippen LogP contribution in [0.3, 0.4) is 0 Å². The molecule has 0 aliphatic rings. The summed E-state index contributed by atoms with van der Waals surface area (Å²) in [5.41, 5.74) is -1.03. The zero-order valence-electron chi connectivity index (χ0n) is 11.0. The molecule has 1 aromatic rings. The number of aliphatic imine (C=N–C) groups is 1. The maximum atomic E-state index is 13.0. The highest BCUT2D eigenvalue weighted by Crippen LogP contribution is 2.31. The molecular weight excluding hydrogens is 267 g/mol. The van der Waals surface area contributed by atoms with E-state index >= 15 is 0 Å². The Labute approximate surface area is 114 Å². The molecule has 0 N–H and O–H groups in total. The number of hydrogen-bond acceptors (Lipinski definition) is 3. The van der Waals surface area contributed by atoms with E-state index in [1.807, 2.05) is 0 Å². The first kappa shape index (κ1) is 15.6. The molecule has 6 heteroatoms. The van der Waals surface area contributed by atoms with Gasteiger partial charge < -0.3 is 0 Å². The highest BCUT2D eigenvalue weighted by Gasteiger charge is 2.36. The zero-order valence-corrected chi connectivity index (χ0v) is 11.0. The van der Waals surface area contributed by atoms with E-state index < -0.39 is 11.9 Å². The van der Waals surface area contributed by atoms with Crippen molar-refractivity contribution < 1.29 is 13.2 Å². The first-order valence-electron chi connectivity index (χ1n) is 5.60. The molecule has 20 heavy (non-hydrogen) atoms. The molecule has 0 saturated heterocycles. The summed E-state index contributed by atoms with van der Waals surface area (Å²) in [7, 11) is 0. The smallest absolute Gasteiger partial charge is 0.264 e. The first-order valence-corrected chi connectivity index (χ1v) is 5.60. The Bertz CT molecular complexity index is 605. The fraction of sp³-hybridized carbons (Fsp3) is 0.214. The van der Waals surface area contributed by atoms with E-state index in [0.717, 1.165) is 0 Å². The van der Waals surface area contributed by atoms with Crippen LogP contribution in [-0.4, -0.2) is 16.9 Å². The molecule has 104 valence electrons. The molecule has 0 amide bonds. The van der Waals surface area contributed by atoms with E-state index in [1.165, 1.54) is 26.2 Å². The fourth-order valence-electron chi connectivity index (χ4n) is 1.40. The monoisotopic (exact) mass is 279 g/mol. The van der Waals surface area contributed by atoms with Crippen molar-refractivity contribution in [2.24, 2.45) is 4.99 Å². The van der Waals surface area contributed by atoms with Gasteiger partial charge in [-0.2, -0.15) is 18.4 Å². The van der Waals surface area contributed by atoms with Gasteiger partial charge in [-0.15, -0.1) is 0 Å². The number of rotatable bonds is 3. The van der Waals surface area contributed by atoms with Crippen LogP contribution in [0.5, 0.6) is 0 Å². The average Bonchev–Trinajstić information content (AvgIpc) is 2.42. The molecule has 0 saturated carbocycles. The van der Waals surface area contributed by atoms with Crippen LogP contribution in [0.15, 0.2) is 52.9 Å². The number of aromatic nitrogens is 1. The molecule has 0 bridgehead atoms. The van der Waals surface area contributed by atoms with Crippen molar-refractivity contribution in [1.29, 1.82) is 5.26 Å². The third-order valence-corrected chi connectivity index (χ3v) is 2.57. The summed E-state index contributed by atoms with van der Waals surface area (Å²) in [5.74, 6) is 0. The van der Waals surface area contributed by atoms with Crippen LogP contribution in [-0.2, 0) is 0 Å². The summed E-state index contributed by atoms with van der Waals surface area (Å²) < 4.78 is 39.0. The van der Waals surface area contributed by atoms with E-state index in [0.29, 0.717) is 5.56 Å². The number of allylic oxidation sites excluding steroid dienone is 3. The molecule has 0 aromatic carbocycles. The fourth-order valence-corrected chi connectivity index (χ4v) is 1.40. The number of pyridine rings is 1. The largest absolute Gasteiger partial charge is 0.433 e. The summed E-state index contributed by atoms with van der Waals surface area (Å²) >= 11 is 0. The van der Waals surface area contributed by atoms with Gasteiger partial charge in [0.05, 0.1) is 6.07 Å². The summed E-state index contributed by atoms with van der Waals surface area (Å²) in [6.07, 6.45) is -1.73. The molecule has 0 atom stereocenters. The van der Waals surface area contributed by atoms with Crippen LogP contribution in [0.25, 0.3) is 0 Å². The van der Waals surface area contributed by atoms with Gasteiger partial charge in [0.25, 0.3) is 0 Å². The Hall–Kier alpha value is -2.42. The van der Waals surface area contributed by atoms with Crippen molar-refractivity contribution in [1.82, 2.24) is 4.98 Å². The Morgan fingerprint density at radius 1 is 1.40 bits per heavy atom. The number of nitriles is 1. The van der Waals surface area contributed by atoms with Crippen LogP contribution < -0.4 is 0 Å². The number of halogens is 3. The van der Waals surface area contributed by atoms with E-state index in [9.17, 15) is 13.2 Å². The molecule has 1 heterocycles. The van der Waals surface area contributed by atoms with Crippen LogP contribution in [0, 0.1) is 11.3 Å². The van der Waals surface area contributed by atoms with Crippen LogP contribution >= 0.6 is 0 Å². The van der Waals surface area contributed by atoms with Gasteiger partial charge in [-0.05, 0) is 25.5 Å². The third-order valence-electron chi connectivity index (χ3n) is 2.57. The lowest BCUT2D eigenvalue weighted by atomic mass is 10.1. The number of nitrogens with zero attached hydrogens (tertiary/aromatic N) is 3. The van der Waals surface area contributed by atoms with E-state index in [1.54, 1.807) is 18.2 Å². The lowest BCUT2D eigenvalue weighted by molar-refractivity contribution is -0.0929.